The molecule has 8 nitrogen and oxygen atoms in total. The van der Waals surface area contributed by atoms with Gasteiger partial charge in [0.05, 0.1) is 13.2 Å². The molecule has 132 valence electrons. The highest BCUT2D eigenvalue weighted by Crippen LogP contribution is 2.09. The zero-order chi connectivity index (χ0) is 17.6. The van der Waals surface area contributed by atoms with Crippen LogP contribution in [0.5, 0.6) is 0 Å². The minimum Gasteiger partial charge on any atom is -0.395 e. The second-order valence-corrected chi connectivity index (χ2v) is 4.98. The van der Waals surface area contributed by atoms with Crippen molar-refractivity contribution >= 4 is 12.2 Å². The zero-order valence-corrected chi connectivity index (χ0v) is 14.2. The Morgan fingerprint density at radius 3 is 2.83 bits per heavy atom. The summed E-state index contributed by atoms with van der Waals surface area (Å²) in [7, 11) is 1.83. The van der Waals surface area contributed by atoms with Gasteiger partial charge in [-0.05, 0) is 24.6 Å². The van der Waals surface area contributed by atoms with Crippen molar-refractivity contribution in [1.82, 2.24) is 9.80 Å². The molecule has 0 saturated heterocycles. The van der Waals surface area contributed by atoms with Crippen LogP contribution in [-0.4, -0.2) is 71.7 Å². The molecule has 0 bridgehead atoms. The number of likely N-dealkylation sites (N-methyl/N-ethyl adjacent to an activating group) is 1. The smallest absolute Gasteiger partial charge is 0.161 e. The van der Waals surface area contributed by atoms with Crippen LogP contribution in [0.3, 0.4) is 0 Å². The average Bonchev–Trinajstić information content (AvgIpc) is 2.59. The van der Waals surface area contributed by atoms with E-state index in [2.05, 4.69) is 20.4 Å². The molecule has 24 heavy (non-hydrogen) atoms. The minimum atomic E-state index is -0.255. The van der Waals surface area contributed by atoms with Gasteiger partial charge in [0.2, 0.25) is 0 Å². The van der Waals surface area contributed by atoms with Gasteiger partial charge in [-0.2, -0.15) is 5.11 Å². The standard InChI is InChI=1S/C16H26N6O2/c1-3-4-7-15(21(2)10-12-23)19-17-14-18-20-16-8-5-6-9-22(16)11-13-24/h4-9,14,16,23-24H,3,10-13H2,1-2H3/b7-4-,17-14+,19-15+,20-18?. The molecule has 0 aliphatic carbocycles. The fourth-order valence-electron chi connectivity index (χ4n) is 1.88. The summed E-state index contributed by atoms with van der Waals surface area (Å²) in [5.74, 6) is 0.639. The lowest BCUT2D eigenvalue weighted by molar-refractivity contribution is 0.216. The van der Waals surface area contributed by atoms with E-state index >= 15 is 0 Å². The molecule has 0 saturated carbocycles. The van der Waals surface area contributed by atoms with E-state index in [0.29, 0.717) is 18.9 Å². The number of azo groups is 1. The second kappa shape index (κ2) is 12.1. The van der Waals surface area contributed by atoms with Crippen LogP contribution < -0.4 is 0 Å². The maximum absolute atomic E-state index is 9.03. The van der Waals surface area contributed by atoms with Gasteiger partial charge in [0.15, 0.2) is 18.3 Å². The molecule has 1 rings (SSSR count). The van der Waals surface area contributed by atoms with Gasteiger partial charge in [-0.1, -0.05) is 19.1 Å². The van der Waals surface area contributed by atoms with Gasteiger partial charge in [-0.3, -0.25) is 0 Å². The molecule has 1 heterocycles. The summed E-state index contributed by atoms with van der Waals surface area (Å²) in [6, 6.07) is 0. The van der Waals surface area contributed by atoms with Crippen LogP contribution in [0.25, 0.3) is 0 Å². The molecule has 1 unspecified atom stereocenters. The van der Waals surface area contributed by atoms with Gasteiger partial charge in [0.25, 0.3) is 0 Å². The van der Waals surface area contributed by atoms with E-state index in [0.717, 1.165) is 6.42 Å². The molecule has 0 radical (unpaired) electrons. The van der Waals surface area contributed by atoms with Crippen molar-refractivity contribution in [3.63, 3.8) is 0 Å². The molecule has 2 N–H and O–H groups in total. The van der Waals surface area contributed by atoms with Crippen molar-refractivity contribution in [2.45, 2.75) is 19.5 Å². The number of hydrogen-bond acceptors (Lipinski definition) is 6. The Morgan fingerprint density at radius 1 is 1.29 bits per heavy atom. The molecule has 0 aromatic rings. The third-order valence-corrected chi connectivity index (χ3v) is 3.15. The van der Waals surface area contributed by atoms with Crippen molar-refractivity contribution in [2.24, 2.45) is 20.4 Å². The van der Waals surface area contributed by atoms with Crippen LogP contribution >= 0.6 is 0 Å². The number of rotatable bonds is 9. The van der Waals surface area contributed by atoms with E-state index in [-0.39, 0.29) is 19.4 Å². The first-order valence-corrected chi connectivity index (χ1v) is 7.92. The molecule has 1 atom stereocenters. The summed E-state index contributed by atoms with van der Waals surface area (Å²) in [5.41, 5.74) is 0. The fourth-order valence-corrected chi connectivity index (χ4v) is 1.88. The summed E-state index contributed by atoms with van der Waals surface area (Å²) < 4.78 is 0. The molecule has 0 aromatic carbocycles. The van der Waals surface area contributed by atoms with Crippen LogP contribution in [0.1, 0.15) is 13.3 Å². The van der Waals surface area contributed by atoms with Crippen molar-refractivity contribution in [3.8, 4) is 0 Å². The lowest BCUT2D eigenvalue weighted by Gasteiger charge is -2.25. The number of aliphatic hydroxyl groups is 2. The number of amidine groups is 1. The first-order valence-electron chi connectivity index (χ1n) is 7.92. The van der Waals surface area contributed by atoms with Gasteiger partial charge < -0.3 is 20.0 Å². The largest absolute Gasteiger partial charge is 0.395 e. The molecule has 0 amide bonds. The predicted octanol–water partition coefficient (Wildman–Crippen LogP) is 1.37. The van der Waals surface area contributed by atoms with Crippen LogP contribution in [0.15, 0.2) is 57.0 Å². The Balaban J connectivity index is 2.66. The number of aliphatic hydroxyl groups excluding tert-OH is 2. The van der Waals surface area contributed by atoms with E-state index in [1.54, 1.807) is 4.90 Å². The van der Waals surface area contributed by atoms with Crippen LogP contribution in [0, 0.1) is 0 Å². The summed E-state index contributed by atoms with van der Waals surface area (Å²) >= 11 is 0. The zero-order valence-electron chi connectivity index (χ0n) is 14.2. The topological polar surface area (TPSA) is 96.4 Å². The molecule has 0 aromatic heterocycles. The molecular weight excluding hydrogens is 308 g/mol. The third-order valence-electron chi connectivity index (χ3n) is 3.15. The first-order chi connectivity index (χ1) is 11.7. The normalized spacial score (nSPS) is 18.6. The van der Waals surface area contributed by atoms with Crippen molar-refractivity contribution in [1.29, 1.82) is 0 Å². The summed E-state index contributed by atoms with van der Waals surface area (Å²) in [4.78, 5) is 3.67. The average molecular weight is 334 g/mol. The highest BCUT2D eigenvalue weighted by Gasteiger charge is 2.11. The number of β-amino-alcohol motifs (C(OH)–C–C–N with tert-alkyl or cyclic N) is 1. The number of hydrogen-bond donors (Lipinski definition) is 2. The summed E-state index contributed by atoms with van der Waals surface area (Å²) in [6.07, 6.45) is 13.2. The van der Waals surface area contributed by atoms with Crippen molar-refractivity contribution in [3.05, 3.63) is 36.6 Å². The van der Waals surface area contributed by atoms with Crippen molar-refractivity contribution in [2.75, 3.05) is 33.4 Å². The van der Waals surface area contributed by atoms with Gasteiger partial charge >= 0.3 is 0 Å². The Morgan fingerprint density at radius 2 is 2.12 bits per heavy atom. The highest BCUT2D eigenvalue weighted by molar-refractivity contribution is 5.92. The number of allylic oxidation sites excluding steroid dienone is 3. The van der Waals surface area contributed by atoms with E-state index in [9.17, 15) is 0 Å². The number of nitrogens with zero attached hydrogens (tertiary/aromatic N) is 6. The minimum absolute atomic E-state index is 0.0428. The molecule has 1 aliphatic heterocycles. The summed E-state index contributed by atoms with van der Waals surface area (Å²) in [6.45, 7) is 3.08. The van der Waals surface area contributed by atoms with Gasteiger partial charge in [-0.15, -0.1) is 15.3 Å². The van der Waals surface area contributed by atoms with Crippen LogP contribution in [0.2, 0.25) is 0 Å². The SMILES string of the molecule is CC\C=C/C(=N\N=C\N=NC1C=CC=CN1CCO)N(C)CCO. The Hall–Kier alpha value is -2.32. The quantitative estimate of drug-likeness (QED) is 0.288. The lowest BCUT2D eigenvalue weighted by Crippen LogP contribution is -2.31. The van der Waals surface area contributed by atoms with Gasteiger partial charge in [0, 0.05) is 26.3 Å². The fraction of sp³-hybridized carbons (Fsp3) is 0.500. The van der Waals surface area contributed by atoms with E-state index in [1.807, 2.05) is 55.5 Å². The molecule has 0 fully saturated rings. The monoisotopic (exact) mass is 334 g/mol. The van der Waals surface area contributed by atoms with E-state index in [1.165, 1.54) is 6.34 Å². The van der Waals surface area contributed by atoms with E-state index in [4.69, 9.17) is 10.2 Å². The Kier molecular flexibility index (Phi) is 9.98. The van der Waals surface area contributed by atoms with Crippen molar-refractivity contribution < 1.29 is 10.2 Å². The van der Waals surface area contributed by atoms with Crippen LogP contribution in [-0.2, 0) is 0 Å². The Labute approximate surface area is 142 Å². The summed E-state index contributed by atoms with van der Waals surface area (Å²) in [5, 5.41) is 34.1. The Bertz CT molecular complexity index is 525. The van der Waals surface area contributed by atoms with Gasteiger partial charge in [0.1, 0.15) is 0 Å². The molecule has 0 spiro atoms. The van der Waals surface area contributed by atoms with Crippen LogP contribution in [0.4, 0.5) is 0 Å². The second-order valence-electron chi connectivity index (χ2n) is 4.98. The van der Waals surface area contributed by atoms with Gasteiger partial charge in [-0.25, -0.2) is 0 Å². The first kappa shape index (κ1) is 19.7. The van der Waals surface area contributed by atoms with E-state index < -0.39 is 0 Å². The molecule has 8 heteroatoms. The predicted molar refractivity (Wildman–Crippen MR) is 95.8 cm³/mol. The molecule has 1 aliphatic rings. The highest BCUT2D eigenvalue weighted by atomic mass is 16.3. The lowest BCUT2D eigenvalue weighted by atomic mass is 10.3. The maximum atomic E-state index is 9.03. The maximum Gasteiger partial charge on any atom is 0.161 e. The molecular formula is C16H26N6O2. The third kappa shape index (κ3) is 7.30.